The number of aromatic nitrogens is 3. The van der Waals surface area contributed by atoms with E-state index in [0.29, 0.717) is 5.92 Å². The molecule has 0 atom stereocenters. The summed E-state index contributed by atoms with van der Waals surface area (Å²) in [6, 6.07) is 4.10. The van der Waals surface area contributed by atoms with Gasteiger partial charge in [0.05, 0.1) is 17.6 Å². The molecule has 96 valence electrons. The van der Waals surface area contributed by atoms with Gasteiger partial charge >= 0.3 is 0 Å². The zero-order valence-electron chi connectivity index (χ0n) is 11.2. The number of hydrogen-bond acceptors (Lipinski definition) is 3. The zero-order valence-corrected chi connectivity index (χ0v) is 11.2. The second kappa shape index (κ2) is 5.78. The minimum atomic E-state index is 0.445. The van der Waals surface area contributed by atoms with Crippen LogP contribution in [0.15, 0.2) is 30.7 Å². The van der Waals surface area contributed by atoms with Crippen molar-refractivity contribution in [1.82, 2.24) is 20.1 Å². The van der Waals surface area contributed by atoms with Gasteiger partial charge in [-0.2, -0.15) is 5.10 Å². The molecule has 0 aliphatic rings. The maximum absolute atomic E-state index is 4.60. The summed E-state index contributed by atoms with van der Waals surface area (Å²) in [6.07, 6.45) is 5.69. The third-order valence-electron chi connectivity index (χ3n) is 2.90. The number of nitrogens with zero attached hydrogens (tertiary/aromatic N) is 3. The zero-order chi connectivity index (χ0) is 13.0. The lowest BCUT2D eigenvalue weighted by molar-refractivity contribution is 0.709. The molecule has 2 heterocycles. The average molecular weight is 244 g/mol. The van der Waals surface area contributed by atoms with Crippen LogP contribution in [0.5, 0.6) is 0 Å². The number of pyridine rings is 1. The summed E-state index contributed by atoms with van der Waals surface area (Å²) in [5.74, 6) is 0.445. The second-order valence-electron chi connectivity index (χ2n) is 4.62. The summed E-state index contributed by atoms with van der Waals surface area (Å²) in [7, 11) is 0. The Labute approximate surface area is 108 Å². The van der Waals surface area contributed by atoms with Gasteiger partial charge in [-0.25, -0.2) is 4.68 Å². The van der Waals surface area contributed by atoms with Gasteiger partial charge in [-0.05, 0) is 30.2 Å². The Balaban J connectivity index is 2.30. The minimum absolute atomic E-state index is 0.445. The predicted molar refractivity (Wildman–Crippen MR) is 72.8 cm³/mol. The molecule has 0 aromatic carbocycles. The number of nitrogens with one attached hydrogen (secondary N) is 1. The van der Waals surface area contributed by atoms with Crippen molar-refractivity contribution < 1.29 is 0 Å². The molecule has 18 heavy (non-hydrogen) atoms. The maximum atomic E-state index is 4.60. The van der Waals surface area contributed by atoms with E-state index in [9.17, 15) is 0 Å². The molecule has 2 aromatic rings. The van der Waals surface area contributed by atoms with Crippen molar-refractivity contribution in [3.63, 3.8) is 0 Å². The molecule has 2 aromatic heterocycles. The average Bonchev–Trinajstić information content (AvgIpc) is 2.86. The van der Waals surface area contributed by atoms with Crippen LogP contribution in [0, 0.1) is 0 Å². The first-order chi connectivity index (χ1) is 8.72. The van der Waals surface area contributed by atoms with Crippen molar-refractivity contribution in [3.05, 3.63) is 42.0 Å². The van der Waals surface area contributed by atoms with Gasteiger partial charge in [-0.1, -0.05) is 20.8 Å². The van der Waals surface area contributed by atoms with Crippen molar-refractivity contribution >= 4 is 0 Å². The highest BCUT2D eigenvalue weighted by atomic mass is 15.3. The molecule has 0 aliphatic carbocycles. The molecule has 0 radical (unpaired) electrons. The topological polar surface area (TPSA) is 42.7 Å². The summed E-state index contributed by atoms with van der Waals surface area (Å²) in [6.45, 7) is 8.19. The Morgan fingerprint density at radius 2 is 2.17 bits per heavy atom. The van der Waals surface area contributed by atoms with Crippen molar-refractivity contribution in [1.29, 1.82) is 0 Å². The van der Waals surface area contributed by atoms with Crippen LogP contribution >= 0.6 is 0 Å². The van der Waals surface area contributed by atoms with Crippen LogP contribution in [0.1, 0.15) is 37.9 Å². The third kappa shape index (κ3) is 2.76. The Morgan fingerprint density at radius 1 is 1.33 bits per heavy atom. The molecule has 0 bridgehead atoms. The van der Waals surface area contributed by atoms with E-state index in [-0.39, 0.29) is 0 Å². The lowest BCUT2D eigenvalue weighted by Gasteiger charge is -2.09. The van der Waals surface area contributed by atoms with Crippen LogP contribution in [0.2, 0.25) is 0 Å². The van der Waals surface area contributed by atoms with Gasteiger partial charge in [0.25, 0.3) is 0 Å². The predicted octanol–water partition coefficient (Wildman–Crippen LogP) is 2.50. The summed E-state index contributed by atoms with van der Waals surface area (Å²) < 4.78 is 1.91. The van der Waals surface area contributed by atoms with Gasteiger partial charge in [0, 0.05) is 18.9 Å². The van der Waals surface area contributed by atoms with Crippen molar-refractivity contribution in [2.24, 2.45) is 0 Å². The third-order valence-corrected chi connectivity index (χ3v) is 2.90. The van der Waals surface area contributed by atoms with Gasteiger partial charge in [0.2, 0.25) is 0 Å². The van der Waals surface area contributed by atoms with Crippen LogP contribution in [0.3, 0.4) is 0 Å². The Morgan fingerprint density at radius 3 is 2.83 bits per heavy atom. The molecule has 0 aliphatic heterocycles. The van der Waals surface area contributed by atoms with Crippen LogP contribution in [-0.4, -0.2) is 21.3 Å². The molecule has 0 unspecified atom stereocenters. The highest BCUT2D eigenvalue weighted by Gasteiger charge is 2.08. The normalized spacial score (nSPS) is 11.1. The molecule has 4 nitrogen and oxygen atoms in total. The Hall–Kier alpha value is -1.68. The smallest absolute Gasteiger partial charge is 0.0873 e. The fourth-order valence-electron chi connectivity index (χ4n) is 1.81. The van der Waals surface area contributed by atoms with Crippen LogP contribution in [-0.2, 0) is 6.54 Å². The van der Waals surface area contributed by atoms with E-state index in [4.69, 9.17) is 0 Å². The van der Waals surface area contributed by atoms with Gasteiger partial charge in [-0.3, -0.25) is 4.98 Å². The number of hydrogen-bond donors (Lipinski definition) is 1. The quantitative estimate of drug-likeness (QED) is 0.878. The molecular weight excluding hydrogens is 224 g/mol. The summed E-state index contributed by atoms with van der Waals surface area (Å²) in [5, 5.41) is 7.93. The van der Waals surface area contributed by atoms with E-state index in [2.05, 4.69) is 42.2 Å². The summed E-state index contributed by atoms with van der Waals surface area (Å²) in [4.78, 5) is 4.20. The van der Waals surface area contributed by atoms with Crippen LogP contribution < -0.4 is 5.32 Å². The fourth-order valence-corrected chi connectivity index (χ4v) is 1.81. The molecule has 0 saturated heterocycles. The molecule has 0 spiro atoms. The van der Waals surface area contributed by atoms with E-state index in [1.165, 1.54) is 5.56 Å². The van der Waals surface area contributed by atoms with E-state index >= 15 is 0 Å². The molecular formula is C14H20N4. The Bertz CT molecular complexity index is 502. The van der Waals surface area contributed by atoms with Crippen LogP contribution in [0.25, 0.3) is 5.69 Å². The van der Waals surface area contributed by atoms with Crippen molar-refractivity contribution in [2.75, 3.05) is 6.54 Å². The van der Waals surface area contributed by atoms with E-state index in [1.54, 1.807) is 0 Å². The monoisotopic (exact) mass is 244 g/mol. The minimum Gasteiger partial charge on any atom is -0.313 e. The summed E-state index contributed by atoms with van der Waals surface area (Å²) in [5.41, 5.74) is 3.36. The second-order valence-corrected chi connectivity index (χ2v) is 4.62. The first-order valence-corrected chi connectivity index (χ1v) is 6.42. The molecule has 0 saturated carbocycles. The molecule has 0 fully saturated rings. The Kier molecular flexibility index (Phi) is 4.10. The van der Waals surface area contributed by atoms with E-state index < -0.39 is 0 Å². The van der Waals surface area contributed by atoms with Gasteiger partial charge < -0.3 is 5.32 Å². The van der Waals surface area contributed by atoms with E-state index in [1.807, 2.05) is 29.3 Å². The first kappa shape index (κ1) is 12.8. The van der Waals surface area contributed by atoms with Gasteiger partial charge in [0.15, 0.2) is 0 Å². The van der Waals surface area contributed by atoms with Crippen molar-refractivity contribution in [3.8, 4) is 5.69 Å². The lowest BCUT2D eigenvalue weighted by Crippen LogP contribution is -2.14. The maximum Gasteiger partial charge on any atom is 0.0873 e. The standard InChI is InChI=1S/C14H20N4/c1-4-15-9-12-5-7-16-10-14(12)18-8-6-13(17-18)11(2)3/h5-8,10-11,15H,4,9H2,1-3H3. The molecule has 0 amide bonds. The largest absolute Gasteiger partial charge is 0.313 e. The number of rotatable bonds is 5. The van der Waals surface area contributed by atoms with Crippen molar-refractivity contribution in [2.45, 2.75) is 33.2 Å². The van der Waals surface area contributed by atoms with Crippen LogP contribution in [0.4, 0.5) is 0 Å². The first-order valence-electron chi connectivity index (χ1n) is 6.42. The summed E-state index contributed by atoms with van der Waals surface area (Å²) >= 11 is 0. The highest BCUT2D eigenvalue weighted by molar-refractivity contribution is 5.37. The van der Waals surface area contributed by atoms with Gasteiger partial charge in [-0.15, -0.1) is 0 Å². The highest BCUT2D eigenvalue weighted by Crippen LogP contribution is 2.16. The fraction of sp³-hybridized carbons (Fsp3) is 0.429. The lowest BCUT2D eigenvalue weighted by atomic mass is 10.1. The van der Waals surface area contributed by atoms with Gasteiger partial charge in [0.1, 0.15) is 0 Å². The molecule has 4 heteroatoms. The SMILES string of the molecule is CCNCc1ccncc1-n1ccc(C(C)C)n1. The van der Waals surface area contributed by atoms with E-state index in [0.717, 1.165) is 24.5 Å². The molecule has 1 N–H and O–H groups in total. The molecule has 2 rings (SSSR count).